The predicted molar refractivity (Wildman–Crippen MR) is 76.4 cm³/mol. The lowest BCUT2D eigenvalue weighted by Crippen LogP contribution is -2.27. The van der Waals surface area contributed by atoms with Crippen molar-refractivity contribution in [3.05, 3.63) is 34.3 Å². The topological polar surface area (TPSA) is 38.3 Å². The second-order valence-corrected chi connectivity index (χ2v) is 5.12. The first-order valence-corrected chi connectivity index (χ1v) is 7.05. The summed E-state index contributed by atoms with van der Waals surface area (Å²) in [6.07, 6.45) is 1.40. The van der Waals surface area contributed by atoms with Gasteiger partial charge < -0.3 is 10.1 Å². The number of ether oxygens (including phenoxy) is 1. The minimum Gasteiger partial charge on any atom is -0.381 e. The molecule has 100 valence electrons. The molecule has 0 bridgehead atoms. The molecular weight excluding hydrogens is 294 g/mol. The molecular formula is C14H20BrNO2. The highest BCUT2D eigenvalue weighted by atomic mass is 79.9. The summed E-state index contributed by atoms with van der Waals surface area (Å²) in [4.78, 5) is 11.7. The van der Waals surface area contributed by atoms with Crippen LogP contribution in [0.4, 0.5) is 0 Å². The van der Waals surface area contributed by atoms with Gasteiger partial charge in [0.2, 0.25) is 5.91 Å². The van der Waals surface area contributed by atoms with Crippen molar-refractivity contribution >= 4 is 21.8 Å². The third-order valence-corrected chi connectivity index (χ3v) is 3.04. The van der Waals surface area contributed by atoms with Crippen LogP contribution in [-0.4, -0.2) is 19.1 Å². The van der Waals surface area contributed by atoms with Crippen molar-refractivity contribution in [3.63, 3.8) is 0 Å². The number of carbonyl (C=O) groups is 1. The van der Waals surface area contributed by atoms with Crippen LogP contribution >= 0.6 is 15.9 Å². The van der Waals surface area contributed by atoms with Crippen molar-refractivity contribution in [2.24, 2.45) is 0 Å². The number of benzene rings is 1. The van der Waals surface area contributed by atoms with Crippen LogP contribution in [0.2, 0.25) is 0 Å². The summed E-state index contributed by atoms with van der Waals surface area (Å²) < 4.78 is 6.31. The Kier molecular flexibility index (Phi) is 6.98. The average Bonchev–Trinajstić information content (AvgIpc) is 2.34. The minimum atomic E-state index is 0.0150. The lowest BCUT2D eigenvalue weighted by atomic mass is 10.1. The van der Waals surface area contributed by atoms with Crippen molar-refractivity contribution in [3.8, 4) is 0 Å². The molecule has 1 atom stereocenters. The molecule has 0 saturated heterocycles. The highest BCUT2D eigenvalue weighted by Crippen LogP contribution is 2.17. The first kappa shape index (κ1) is 15.2. The maximum Gasteiger partial charge on any atom is 0.222 e. The summed E-state index contributed by atoms with van der Waals surface area (Å²) in [5.41, 5.74) is 1.09. The summed E-state index contributed by atoms with van der Waals surface area (Å²) in [6, 6.07) is 7.96. The van der Waals surface area contributed by atoms with E-state index in [1.807, 2.05) is 31.2 Å². The standard InChI is InChI=1S/C14H20BrNO2/c1-3-8-18-9-7-14(17)16-11(2)12-5-4-6-13(15)10-12/h4-6,10-11H,3,7-9H2,1-2H3,(H,16,17). The molecule has 1 rings (SSSR count). The highest BCUT2D eigenvalue weighted by Gasteiger charge is 2.09. The Morgan fingerprint density at radius 3 is 2.89 bits per heavy atom. The van der Waals surface area contributed by atoms with Gasteiger partial charge in [0.05, 0.1) is 12.6 Å². The minimum absolute atomic E-state index is 0.0150. The van der Waals surface area contributed by atoms with Crippen molar-refractivity contribution in [1.29, 1.82) is 0 Å². The second-order valence-electron chi connectivity index (χ2n) is 4.21. The molecule has 0 aliphatic heterocycles. The Morgan fingerprint density at radius 1 is 1.44 bits per heavy atom. The van der Waals surface area contributed by atoms with Crippen LogP contribution in [0.25, 0.3) is 0 Å². The van der Waals surface area contributed by atoms with E-state index in [2.05, 4.69) is 28.2 Å². The van der Waals surface area contributed by atoms with Crippen molar-refractivity contribution in [2.45, 2.75) is 32.7 Å². The summed E-state index contributed by atoms with van der Waals surface area (Å²) in [5, 5.41) is 2.96. The zero-order valence-corrected chi connectivity index (χ0v) is 12.5. The van der Waals surface area contributed by atoms with Crippen LogP contribution in [0.1, 0.15) is 38.3 Å². The van der Waals surface area contributed by atoms with Crippen LogP contribution in [0.5, 0.6) is 0 Å². The van der Waals surface area contributed by atoms with Crippen LogP contribution in [0, 0.1) is 0 Å². The Morgan fingerprint density at radius 2 is 2.22 bits per heavy atom. The molecule has 1 aromatic rings. The number of carbonyl (C=O) groups excluding carboxylic acids is 1. The smallest absolute Gasteiger partial charge is 0.222 e. The van der Waals surface area contributed by atoms with E-state index in [1.54, 1.807) is 0 Å². The summed E-state index contributed by atoms with van der Waals surface area (Å²) in [5.74, 6) is 0.0265. The van der Waals surface area contributed by atoms with Crippen LogP contribution < -0.4 is 5.32 Å². The maximum absolute atomic E-state index is 11.7. The zero-order chi connectivity index (χ0) is 13.4. The van der Waals surface area contributed by atoms with E-state index in [0.29, 0.717) is 19.6 Å². The molecule has 1 unspecified atom stereocenters. The van der Waals surface area contributed by atoms with Gasteiger partial charge in [-0.3, -0.25) is 4.79 Å². The molecule has 0 saturated carbocycles. The lowest BCUT2D eigenvalue weighted by Gasteiger charge is -2.14. The Hall–Kier alpha value is -0.870. The van der Waals surface area contributed by atoms with Gasteiger partial charge in [0.15, 0.2) is 0 Å². The monoisotopic (exact) mass is 313 g/mol. The van der Waals surface area contributed by atoms with Crippen molar-refractivity contribution in [2.75, 3.05) is 13.2 Å². The summed E-state index contributed by atoms with van der Waals surface area (Å²) in [6.45, 7) is 5.24. The van der Waals surface area contributed by atoms with E-state index in [0.717, 1.165) is 16.5 Å². The van der Waals surface area contributed by atoms with Gasteiger partial charge >= 0.3 is 0 Å². The molecule has 0 aliphatic rings. The fraction of sp³-hybridized carbons (Fsp3) is 0.500. The first-order valence-electron chi connectivity index (χ1n) is 6.26. The van der Waals surface area contributed by atoms with Crippen LogP contribution in [0.15, 0.2) is 28.7 Å². The molecule has 4 heteroatoms. The number of amides is 1. The lowest BCUT2D eigenvalue weighted by molar-refractivity contribution is -0.122. The van der Waals surface area contributed by atoms with Crippen molar-refractivity contribution < 1.29 is 9.53 Å². The van der Waals surface area contributed by atoms with E-state index in [4.69, 9.17) is 4.74 Å². The molecule has 0 radical (unpaired) electrons. The number of hydrogen-bond acceptors (Lipinski definition) is 2. The van der Waals surface area contributed by atoms with Crippen LogP contribution in [-0.2, 0) is 9.53 Å². The van der Waals surface area contributed by atoms with E-state index in [9.17, 15) is 4.79 Å². The Labute approximate surface area is 117 Å². The maximum atomic E-state index is 11.7. The molecule has 0 spiro atoms. The summed E-state index contributed by atoms with van der Waals surface area (Å²) in [7, 11) is 0. The molecule has 0 aliphatic carbocycles. The molecule has 1 aromatic carbocycles. The molecule has 0 heterocycles. The van der Waals surface area contributed by atoms with Gasteiger partial charge in [-0.15, -0.1) is 0 Å². The first-order chi connectivity index (χ1) is 8.63. The Balaban J connectivity index is 2.35. The average molecular weight is 314 g/mol. The fourth-order valence-electron chi connectivity index (χ4n) is 1.58. The van der Waals surface area contributed by atoms with E-state index >= 15 is 0 Å². The third kappa shape index (κ3) is 5.65. The van der Waals surface area contributed by atoms with Gasteiger partial charge in [-0.25, -0.2) is 0 Å². The molecule has 0 aromatic heterocycles. The number of rotatable bonds is 7. The normalized spacial score (nSPS) is 12.2. The molecule has 18 heavy (non-hydrogen) atoms. The number of nitrogens with one attached hydrogen (secondary N) is 1. The number of halogens is 1. The fourth-order valence-corrected chi connectivity index (χ4v) is 2.00. The van der Waals surface area contributed by atoms with Gasteiger partial charge in [0.25, 0.3) is 0 Å². The molecule has 1 amide bonds. The zero-order valence-electron chi connectivity index (χ0n) is 10.9. The van der Waals surface area contributed by atoms with Gasteiger partial charge in [-0.1, -0.05) is 35.0 Å². The number of hydrogen-bond donors (Lipinski definition) is 1. The Bertz CT molecular complexity index is 382. The van der Waals surface area contributed by atoms with Gasteiger partial charge in [0.1, 0.15) is 0 Å². The SMILES string of the molecule is CCCOCCC(=O)NC(C)c1cccc(Br)c1. The second kappa shape index (κ2) is 8.27. The largest absolute Gasteiger partial charge is 0.381 e. The van der Waals surface area contributed by atoms with E-state index in [-0.39, 0.29) is 11.9 Å². The highest BCUT2D eigenvalue weighted by molar-refractivity contribution is 9.10. The third-order valence-electron chi connectivity index (χ3n) is 2.55. The quantitative estimate of drug-likeness (QED) is 0.783. The van der Waals surface area contributed by atoms with E-state index < -0.39 is 0 Å². The molecule has 3 nitrogen and oxygen atoms in total. The molecule has 0 fully saturated rings. The van der Waals surface area contributed by atoms with Gasteiger partial charge in [-0.05, 0) is 31.0 Å². The van der Waals surface area contributed by atoms with E-state index in [1.165, 1.54) is 0 Å². The van der Waals surface area contributed by atoms with Crippen molar-refractivity contribution in [1.82, 2.24) is 5.32 Å². The predicted octanol–water partition coefficient (Wildman–Crippen LogP) is 3.44. The molecule has 1 N–H and O–H groups in total. The van der Waals surface area contributed by atoms with Gasteiger partial charge in [-0.2, -0.15) is 0 Å². The van der Waals surface area contributed by atoms with Crippen LogP contribution in [0.3, 0.4) is 0 Å². The van der Waals surface area contributed by atoms with Gasteiger partial charge in [0, 0.05) is 17.5 Å². The summed E-state index contributed by atoms with van der Waals surface area (Å²) >= 11 is 3.42.